The quantitative estimate of drug-likeness (QED) is 0.446. The van der Waals surface area contributed by atoms with Crippen molar-refractivity contribution in [1.82, 2.24) is 0 Å². The van der Waals surface area contributed by atoms with E-state index >= 15 is 0 Å². The van der Waals surface area contributed by atoms with Gasteiger partial charge in [-0.3, -0.25) is 4.79 Å². The summed E-state index contributed by atoms with van der Waals surface area (Å²) >= 11 is 0. The Hall–Kier alpha value is -0.610. The second-order valence-corrected chi connectivity index (χ2v) is 2.84. The lowest BCUT2D eigenvalue weighted by atomic mass is 10.1. The Morgan fingerprint density at radius 1 is 1.40 bits per heavy atom. The minimum Gasteiger partial charge on any atom is -0.481 e. The van der Waals surface area contributed by atoms with Crippen LogP contribution in [0.15, 0.2) is 0 Å². The van der Waals surface area contributed by atoms with Gasteiger partial charge in [0.1, 0.15) is 0 Å². The Balaban J connectivity index is 2.54. The van der Waals surface area contributed by atoms with Gasteiger partial charge in [-0.15, -0.1) is 0 Å². The van der Waals surface area contributed by atoms with Crippen LogP contribution in [0.2, 0.25) is 0 Å². The van der Waals surface area contributed by atoms with Gasteiger partial charge in [0, 0.05) is 12.1 Å². The maximum Gasteiger partial charge on any atom is 0.308 e. The summed E-state index contributed by atoms with van der Waals surface area (Å²) in [5.74, 6) is -1.24. The van der Waals surface area contributed by atoms with E-state index < -0.39 is 11.9 Å². The van der Waals surface area contributed by atoms with Gasteiger partial charge in [0.2, 0.25) is 0 Å². The molecule has 3 unspecified atom stereocenters. The predicted octanol–water partition coefficient (Wildman–Crippen LogP) is -0.864. The second-order valence-electron chi connectivity index (χ2n) is 2.84. The number of nitrogens with two attached hydrogens (primary N) is 2. The molecule has 0 aliphatic heterocycles. The monoisotopic (exact) mass is 144 g/mol. The first kappa shape index (κ1) is 7.50. The van der Waals surface area contributed by atoms with E-state index in [4.69, 9.17) is 16.6 Å². The zero-order chi connectivity index (χ0) is 7.72. The van der Waals surface area contributed by atoms with E-state index in [1.54, 1.807) is 0 Å². The summed E-state index contributed by atoms with van der Waals surface area (Å²) in [6, 6.07) is -0.261. The molecule has 0 aromatic heterocycles. The molecule has 1 fully saturated rings. The van der Waals surface area contributed by atoms with Crippen LogP contribution in [0.3, 0.4) is 0 Å². The summed E-state index contributed by atoms with van der Waals surface area (Å²) in [4.78, 5) is 10.4. The SMILES string of the molecule is NC1CC(N)C(C(=O)O)C1. The normalized spacial score (nSPS) is 40.0. The van der Waals surface area contributed by atoms with E-state index in [1.165, 1.54) is 0 Å². The molecule has 0 heterocycles. The van der Waals surface area contributed by atoms with Crippen molar-refractivity contribution in [2.24, 2.45) is 17.4 Å². The number of carboxylic acid groups (broad SMARTS) is 1. The van der Waals surface area contributed by atoms with Gasteiger partial charge in [-0.1, -0.05) is 0 Å². The van der Waals surface area contributed by atoms with Crippen molar-refractivity contribution in [3.8, 4) is 0 Å². The molecule has 4 nitrogen and oxygen atoms in total. The van der Waals surface area contributed by atoms with Crippen molar-refractivity contribution in [2.75, 3.05) is 0 Å². The number of carboxylic acids is 1. The molecule has 0 aromatic rings. The summed E-state index contributed by atoms with van der Waals surface area (Å²) in [5, 5.41) is 8.57. The number of carbonyl (C=O) groups is 1. The molecule has 58 valence electrons. The van der Waals surface area contributed by atoms with Crippen molar-refractivity contribution in [3.05, 3.63) is 0 Å². The van der Waals surface area contributed by atoms with Crippen LogP contribution in [0.5, 0.6) is 0 Å². The highest BCUT2D eigenvalue weighted by molar-refractivity contribution is 5.71. The van der Waals surface area contributed by atoms with Gasteiger partial charge < -0.3 is 16.6 Å². The average molecular weight is 144 g/mol. The van der Waals surface area contributed by atoms with Crippen molar-refractivity contribution < 1.29 is 9.90 Å². The highest BCUT2D eigenvalue weighted by Gasteiger charge is 2.34. The molecule has 1 aliphatic rings. The molecule has 0 spiro atoms. The highest BCUT2D eigenvalue weighted by atomic mass is 16.4. The third-order valence-corrected chi connectivity index (χ3v) is 1.97. The molecule has 0 radical (unpaired) electrons. The fourth-order valence-corrected chi connectivity index (χ4v) is 1.39. The standard InChI is InChI=1S/C6H12N2O2/c7-3-1-4(6(9)10)5(8)2-3/h3-5H,1-2,7-8H2,(H,9,10). The minimum atomic E-state index is -0.819. The Bertz CT molecular complexity index is 149. The molecule has 1 aliphatic carbocycles. The maximum absolute atomic E-state index is 10.4. The van der Waals surface area contributed by atoms with Crippen LogP contribution in [0.25, 0.3) is 0 Å². The van der Waals surface area contributed by atoms with Gasteiger partial charge in [0.05, 0.1) is 5.92 Å². The largest absolute Gasteiger partial charge is 0.481 e. The van der Waals surface area contributed by atoms with Gasteiger partial charge in [-0.25, -0.2) is 0 Å². The van der Waals surface area contributed by atoms with Gasteiger partial charge in [-0.05, 0) is 12.8 Å². The van der Waals surface area contributed by atoms with E-state index in [1.807, 2.05) is 0 Å². The maximum atomic E-state index is 10.4. The summed E-state index contributed by atoms with van der Waals surface area (Å²) in [5.41, 5.74) is 11.0. The number of aliphatic carboxylic acids is 1. The Morgan fingerprint density at radius 3 is 2.20 bits per heavy atom. The van der Waals surface area contributed by atoms with E-state index in [0.29, 0.717) is 12.8 Å². The molecule has 0 bridgehead atoms. The van der Waals surface area contributed by atoms with Crippen LogP contribution in [-0.4, -0.2) is 23.2 Å². The van der Waals surface area contributed by atoms with Crippen LogP contribution in [0, 0.1) is 5.92 Å². The fraction of sp³-hybridized carbons (Fsp3) is 0.833. The minimum absolute atomic E-state index is 0.0175. The molecule has 1 rings (SSSR count). The summed E-state index contributed by atoms with van der Waals surface area (Å²) in [6.45, 7) is 0. The Labute approximate surface area is 59.2 Å². The lowest BCUT2D eigenvalue weighted by Gasteiger charge is -2.07. The molecular formula is C6H12N2O2. The fourth-order valence-electron chi connectivity index (χ4n) is 1.39. The molecule has 10 heavy (non-hydrogen) atoms. The Morgan fingerprint density at radius 2 is 2.00 bits per heavy atom. The zero-order valence-corrected chi connectivity index (χ0v) is 5.66. The predicted molar refractivity (Wildman–Crippen MR) is 36.3 cm³/mol. The molecule has 4 heteroatoms. The zero-order valence-electron chi connectivity index (χ0n) is 5.66. The lowest BCUT2D eigenvalue weighted by molar-refractivity contribution is -0.141. The van der Waals surface area contributed by atoms with Crippen molar-refractivity contribution in [2.45, 2.75) is 24.9 Å². The first-order chi connectivity index (χ1) is 4.61. The van der Waals surface area contributed by atoms with Crippen LogP contribution < -0.4 is 11.5 Å². The molecule has 3 atom stereocenters. The summed E-state index contributed by atoms with van der Waals surface area (Å²) in [6.07, 6.45) is 1.16. The first-order valence-corrected chi connectivity index (χ1v) is 3.35. The van der Waals surface area contributed by atoms with Crippen LogP contribution in [0.1, 0.15) is 12.8 Å². The summed E-state index contributed by atoms with van der Waals surface area (Å²) < 4.78 is 0. The van der Waals surface area contributed by atoms with Gasteiger partial charge in [0.25, 0.3) is 0 Å². The van der Waals surface area contributed by atoms with Crippen LogP contribution in [-0.2, 0) is 4.79 Å². The third-order valence-electron chi connectivity index (χ3n) is 1.97. The molecule has 0 saturated heterocycles. The Kier molecular flexibility index (Phi) is 1.92. The second kappa shape index (κ2) is 2.56. The van der Waals surface area contributed by atoms with E-state index in [2.05, 4.69) is 0 Å². The van der Waals surface area contributed by atoms with E-state index in [-0.39, 0.29) is 12.1 Å². The smallest absolute Gasteiger partial charge is 0.308 e. The lowest BCUT2D eigenvalue weighted by Crippen LogP contribution is -2.30. The molecule has 5 N–H and O–H groups in total. The van der Waals surface area contributed by atoms with Gasteiger partial charge in [0.15, 0.2) is 0 Å². The number of hydrogen-bond donors (Lipinski definition) is 3. The average Bonchev–Trinajstić information content (AvgIpc) is 2.10. The number of rotatable bonds is 1. The molecule has 0 amide bonds. The van der Waals surface area contributed by atoms with Gasteiger partial charge in [-0.2, -0.15) is 0 Å². The molecule has 1 saturated carbocycles. The third kappa shape index (κ3) is 1.27. The van der Waals surface area contributed by atoms with E-state index in [9.17, 15) is 4.79 Å². The summed E-state index contributed by atoms with van der Waals surface area (Å²) in [7, 11) is 0. The number of hydrogen-bond acceptors (Lipinski definition) is 3. The highest BCUT2D eigenvalue weighted by Crippen LogP contribution is 2.22. The van der Waals surface area contributed by atoms with Crippen molar-refractivity contribution in [1.29, 1.82) is 0 Å². The van der Waals surface area contributed by atoms with Crippen molar-refractivity contribution >= 4 is 5.97 Å². The first-order valence-electron chi connectivity index (χ1n) is 3.35. The van der Waals surface area contributed by atoms with Crippen LogP contribution in [0.4, 0.5) is 0 Å². The molecule has 0 aromatic carbocycles. The van der Waals surface area contributed by atoms with Crippen LogP contribution >= 0.6 is 0 Å². The molecular weight excluding hydrogens is 132 g/mol. The van der Waals surface area contributed by atoms with E-state index in [0.717, 1.165) is 0 Å². The van der Waals surface area contributed by atoms with Gasteiger partial charge >= 0.3 is 5.97 Å². The topological polar surface area (TPSA) is 89.3 Å². The van der Waals surface area contributed by atoms with Crippen molar-refractivity contribution in [3.63, 3.8) is 0 Å².